The van der Waals surface area contributed by atoms with Gasteiger partial charge in [-0.25, -0.2) is 13.4 Å². The third-order valence-electron chi connectivity index (χ3n) is 5.36. The van der Waals surface area contributed by atoms with Gasteiger partial charge in [-0.3, -0.25) is 4.99 Å². The number of likely N-dealkylation sites (tertiary alicyclic amines) is 1. The summed E-state index contributed by atoms with van der Waals surface area (Å²) in [4.78, 5) is 11.2. The molecule has 1 N–H and O–H groups in total. The normalized spacial score (nSPS) is 28.9. The van der Waals surface area contributed by atoms with E-state index in [1.54, 1.807) is 0 Å². The van der Waals surface area contributed by atoms with Crippen molar-refractivity contribution in [3.63, 3.8) is 0 Å². The van der Waals surface area contributed by atoms with E-state index in [1.807, 2.05) is 24.8 Å². The van der Waals surface area contributed by atoms with Gasteiger partial charge >= 0.3 is 0 Å². The van der Waals surface area contributed by atoms with Gasteiger partial charge in [0.05, 0.1) is 23.9 Å². The lowest BCUT2D eigenvalue weighted by atomic mass is 9.93. The third kappa shape index (κ3) is 4.66. The van der Waals surface area contributed by atoms with E-state index in [2.05, 4.69) is 33.3 Å². The summed E-state index contributed by atoms with van der Waals surface area (Å²) in [6, 6.07) is 0.355. The molecule has 144 valence electrons. The molecule has 8 heteroatoms. The first-order valence-corrected chi connectivity index (χ1v) is 11.1. The lowest BCUT2D eigenvalue weighted by Gasteiger charge is -2.39. The Morgan fingerprint density at radius 3 is 2.96 bits per heavy atom. The van der Waals surface area contributed by atoms with Crippen molar-refractivity contribution >= 4 is 15.8 Å². The van der Waals surface area contributed by atoms with Crippen molar-refractivity contribution in [2.75, 3.05) is 37.7 Å². The largest absolute Gasteiger partial charge is 0.353 e. The van der Waals surface area contributed by atoms with Gasteiger partial charge in [0.25, 0.3) is 0 Å². The van der Waals surface area contributed by atoms with E-state index in [0.29, 0.717) is 30.8 Å². The van der Waals surface area contributed by atoms with Gasteiger partial charge in [0.15, 0.2) is 15.8 Å². The number of rotatable bonds is 5. The van der Waals surface area contributed by atoms with Gasteiger partial charge in [0.2, 0.25) is 0 Å². The van der Waals surface area contributed by atoms with Gasteiger partial charge in [-0.1, -0.05) is 13.0 Å². The first-order chi connectivity index (χ1) is 12.5. The maximum absolute atomic E-state index is 11.7. The molecule has 0 bridgehead atoms. The van der Waals surface area contributed by atoms with Crippen LogP contribution in [0.25, 0.3) is 0 Å². The lowest BCUT2D eigenvalue weighted by Crippen LogP contribution is -2.49. The standard InChI is InChI=1S/C18H29N5O2S/c1-3-6-20-18(21-11-16-5-10-26(24,25)13-16)22-8-4-15(2)17(12-22)23-9-7-19-14-23/h3,7,9,14-17H,1,4-6,8,10-13H2,2H3,(H,20,21). The molecule has 0 saturated carbocycles. The van der Waals surface area contributed by atoms with Crippen LogP contribution in [0.4, 0.5) is 0 Å². The van der Waals surface area contributed by atoms with Gasteiger partial charge in [-0.2, -0.15) is 0 Å². The van der Waals surface area contributed by atoms with Crippen molar-refractivity contribution in [3.8, 4) is 0 Å². The first-order valence-electron chi connectivity index (χ1n) is 9.30. The average molecular weight is 380 g/mol. The average Bonchev–Trinajstić information content (AvgIpc) is 3.25. The first kappa shape index (κ1) is 18.9. The van der Waals surface area contributed by atoms with Crippen molar-refractivity contribution in [1.29, 1.82) is 0 Å². The SMILES string of the molecule is C=CCNC(=NCC1CCS(=O)(=O)C1)N1CCC(C)C(n2ccnc2)C1. The van der Waals surface area contributed by atoms with Gasteiger partial charge in [-0.05, 0) is 24.7 Å². The van der Waals surface area contributed by atoms with E-state index in [0.717, 1.165) is 31.9 Å². The maximum Gasteiger partial charge on any atom is 0.194 e. The Kier molecular flexibility index (Phi) is 6.01. The van der Waals surface area contributed by atoms with Crippen LogP contribution in [0.5, 0.6) is 0 Å². The Bertz CT molecular complexity index is 729. The van der Waals surface area contributed by atoms with Gasteiger partial charge in [0, 0.05) is 38.6 Å². The van der Waals surface area contributed by atoms with Crippen LogP contribution in [0.2, 0.25) is 0 Å². The molecule has 3 atom stereocenters. The number of guanidine groups is 1. The quantitative estimate of drug-likeness (QED) is 0.474. The van der Waals surface area contributed by atoms with Crippen LogP contribution < -0.4 is 5.32 Å². The fourth-order valence-corrected chi connectivity index (χ4v) is 5.61. The zero-order chi connectivity index (χ0) is 18.6. The van der Waals surface area contributed by atoms with Crippen LogP contribution in [-0.4, -0.2) is 66.5 Å². The summed E-state index contributed by atoms with van der Waals surface area (Å²) in [6.45, 7) is 9.06. The molecule has 3 rings (SSSR count). The fraction of sp³-hybridized carbons (Fsp3) is 0.667. The molecule has 0 aliphatic carbocycles. The van der Waals surface area contributed by atoms with Crippen molar-refractivity contribution in [1.82, 2.24) is 19.8 Å². The zero-order valence-corrected chi connectivity index (χ0v) is 16.2. The van der Waals surface area contributed by atoms with Crippen molar-refractivity contribution in [2.24, 2.45) is 16.8 Å². The second-order valence-corrected chi connectivity index (χ2v) is 9.62. The molecule has 3 unspecified atom stereocenters. The van der Waals surface area contributed by atoms with Crippen molar-refractivity contribution in [3.05, 3.63) is 31.4 Å². The molecule has 2 fully saturated rings. The summed E-state index contributed by atoms with van der Waals surface area (Å²) in [5.41, 5.74) is 0. The molecule has 2 aliphatic rings. The Labute approximate surface area is 156 Å². The Balaban J connectivity index is 1.70. The van der Waals surface area contributed by atoms with E-state index < -0.39 is 9.84 Å². The Hall–Kier alpha value is -1.83. The predicted octanol–water partition coefficient (Wildman–Crippen LogP) is 1.33. The van der Waals surface area contributed by atoms with Gasteiger partial charge in [0.1, 0.15) is 0 Å². The number of nitrogens with one attached hydrogen (secondary N) is 1. The van der Waals surface area contributed by atoms with Crippen molar-refractivity contribution < 1.29 is 8.42 Å². The summed E-state index contributed by atoms with van der Waals surface area (Å²) in [5.74, 6) is 2.12. The number of hydrogen-bond donors (Lipinski definition) is 1. The highest BCUT2D eigenvalue weighted by Crippen LogP contribution is 2.27. The lowest BCUT2D eigenvalue weighted by molar-refractivity contribution is 0.189. The summed E-state index contributed by atoms with van der Waals surface area (Å²) in [5, 5.41) is 3.35. The third-order valence-corrected chi connectivity index (χ3v) is 7.19. The summed E-state index contributed by atoms with van der Waals surface area (Å²) in [7, 11) is -2.86. The smallest absolute Gasteiger partial charge is 0.194 e. The number of piperidine rings is 1. The monoisotopic (exact) mass is 379 g/mol. The fourth-order valence-electron chi connectivity index (χ4n) is 3.76. The summed E-state index contributed by atoms with van der Waals surface area (Å²) < 4.78 is 25.5. The molecule has 2 aliphatic heterocycles. The second kappa shape index (κ2) is 8.24. The van der Waals surface area contributed by atoms with Crippen LogP contribution in [0.1, 0.15) is 25.8 Å². The summed E-state index contributed by atoms with van der Waals surface area (Å²) >= 11 is 0. The predicted molar refractivity (Wildman–Crippen MR) is 104 cm³/mol. The minimum atomic E-state index is -2.86. The molecule has 0 spiro atoms. The minimum Gasteiger partial charge on any atom is -0.353 e. The van der Waals surface area contributed by atoms with Crippen LogP contribution in [-0.2, 0) is 9.84 Å². The van der Waals surface area contributed by atoms with Crippen LogP contribution in [0, 0.1) is 11.8 Å². The summed E-state index contributed by atoms with van der Waals surface area (Å²) in [6.07, 6.45) is 9.32. The Morgan fingerprint density at radius 2 is 2.31 bits per heavy atom. The molecule has 0 radical (unpaired) electrons. The molecule has 1 aromatic heterocycles. The van der Waals surface area contributed by atoms with E-state index in [9.17, 15) is 8.42 Å². The van der Waals surface area contributed by atoms with Crippen LogP contribution >= 0.6 is 0 Å². The molecule has 2 saturated heterocycles. The molecule has 1 aromatic rings. The van der Waals surface area contributed by atoms with E-state index >= 15 is 0 Å². The van der Waals surface area contributed by atoms with Crippen molar-refractivity contribution in [2.45, 2.75) is 25.8 Å². The van der Waals surface area contributed by atoms with Crippen LogP contribution in [0.15, 0.2) is 36.4 Å². The topological polar surface area (TPSA) is 79.6 Å². The molecular formula is C18H29N5O2S. The number of hydrogen-bond acceptors (Lipinski definition) is 4. The maximum atomic E-state index is 11.7. The number of imidazole rings is 1. The van der Waals surface area contributed by atoms with Crippen LogP contribution in [0.3, 0.4) is 0 Å². The number of nitrogens with zero attached hydrogens (tertiary/aromatic N) is 4. The second-order valence-electron chi connectivity index (χ2n) is 7.39. The van der Waals surface area contributed by atoms with E-state index in [-0.39, 0.29) is 11.7 Å². The molecule has 0 aromatic carbocycles. The van der Waals surface area contributed by atoms with E-state index in [4.69, 9.17) is 4.99 Å². The minimum absolute atomic E-state index is 0.133. The Morgan fingerprint density at radius 1 is 1.46 bits per heavy atom. The highest BCUT2D eigenvalue weighted by Gasteiger charge is 2.30. The molecule has 0 amide bonds. The van der Waals surface area contributed by atoms with E-state index in [1.165, 1.54) is 0 Å². The molecular weight excluding hydrogens is 350 g/mol. The highest BCUT2D eigenvalue weighted by atomic mass is 32.2. The van der Waals surface area contributed by atoms with Gasteiger partial charge in [-0.15, -0.1) is 6.58 Å². The molecule has 7 nitrogen and oxygen atoms in total. The molecule has 26 heavy (non-hydrogen) atoms. The number of aromatic nitrogens is 2. The zero-order valence-electron chi connectivity index (χ0n) is 15.4. The highest BCUT2D eigenvalue weighted by molar-refractivity contribution is 7.91. The number of aliphatic imine (C=N–C) groups is 1. The number of sulfone groups is 1. The van der Waals surface area contributed by atoms with Gasteiger partial charge < -0.3 is 14.8 Å². The molecule has 3 heterocycles.